The molecule has 0 saturated carbocycles. The average Bonchev–Trinajstić information content (AvgIpc) is 2.73. The molecule has 0 aliphatic carbocycles. The van der Waals surface area contributed by atoms with Gasteiger partial charge >= 0.3 is 0 Å². The van der Waals surface area contributed by atoms with Crippen LogP contribution in [0.1, 0.15) is 42.2 Å². The monoisotopic (exact) mass is 479 g/mol. The van der Waals surface area contributed by atoms with Crippen molar-refractivity contribution in [3.8, 4) is 0 Å². The van der Waals surface area contributed by atoms with E-state index in [0.717, 1.165) is 12.1 Å². The molecule has 170 valence electrons. The van der Waals surface area contributed by atoms with Gasteiger partial charge in [-0.05, 0) is 30.0 Å². The molecule has 0 bridgehead atoms. The summed E-state index contributed by atoms with van der Waals surface area (Å²) in [5.41, 5.74) is 0.264. The van der Waals surface area contributed by atoms with Crippen LogP contribution >= 0.6 is 11.6 Å². The Morgan fingerprint density at radius 1 is 1.19 bits per heavy atom. The molecule has 2 unspecified atom stereocenters. The summed E-state index contributed by atoms with van der Waals surface area (Å²) in [6.45, 7) is 3.50. The number of non-ortho nitro benzene ring substituents is 1. The first-order valence-corrected chi connectivity index (χ1v) is 11.9. The van der Waals surface area contributed by atoms with Gasteiger partial charge in [0.2, 0.25) is 5.91 Å². The SMILES string of the molecule is CC(C)C(NC(=O)c1ccc([N+](=O)[O-])cc1Cl)C(=O)NC1CCS(=O)(=O)c2ccccc21. The molecule has 3 rings (SSSR count). The minimum absolute atomic E-state index is 0.00446. The lowest BCUT2D eigenvalue weighted by molar-refractivity contribution is -0.384. The predicted molar refractivity (Wildman–Crippen MR) is 118 cm³/mol. The highest BCUT2D eigenvalue weighted by Crippen LogP contribution is 2.32. The molecule has 0 fully saturated rings. The number of benzene rings is 2. The Balaban J connectivity index is 1.79. The minimum atomic E-state index is -3.40. The zero-order chi connectivity index (χ0) is 23.6. The molecule has 2 N–H and O–H groups in total. The van der Waals surface area contributed by atoms with E-state index in [-0.39, 0.29) is 39.3 Å². The van der Waals surface area contributed by atoms with Crippen molar-refractivity contribution in [3.63, 3.8) is 0 Å². The molecular formula is C21H22ClN3O6S. The number of fused-ring (bicyclic) bond motifs is 1. The van der Waals surface area contributed by atoms with Crippen molar-refractivity contribution < 1.29 is 22.9 Å². The van der Waals surface area contributed by atoms with E-state index in [0.29, 0.717) is 5.56 Å². The third kappa shape index (κ3) is 4.91. The largest absolute Gasteiger partial charge is 0.347 e. The first-order chi connectivity index (χ1) is 15.0. The number of nitrogens with zero attached hydrogens (tertiary/aromatic N) is 1. The van der Waals surface area contributed by atoms with Crippen LogP contribution in [0.15, 0.2) is 47.4 Å². The highest BCUT2D eigenvalue weighted by atomic mass is 35.5. The van der Waals surface area contributed by atoms with Crippen LogP contribution in [0.4, 0.5) is 5.69 Å². The fourth-order valence-electron chi connectivity index (χ4n) is 3.56. The van der Waals surface area contributed by atoms with Crippen molar-refractivity contribution in [1.82, 2.24) is 10.6 Å². The van der Waals surface area contributed by atoms with Crippen molar-refractivity contribution in [3.05, 3.63) is 68.7 Å². The second-order valence-corrected chi connectivity index (χ2v) is 10.3. The van der Waals surface area contributed by atoms with Crippen molar-refractivity contribution in [2.24, 2.45) is 5.92 Å². The molecule has 32 heavy (non-hydrogen) atoms. The summed E-state index contributed by atoms with van der Waals surface area (Å²) in [6, 6.07) is 8.53. The molecule has 0 spiro atoms. The van der Waals surface area contributed by atoms with Gasteiger partial charge in [0.1, 0.15) is 6.04 Å². The van der Waals surface area contributed by atoms with E-state index in [1.54, 1.807) is 32.0 Å². The number of nitro groups is 1. The quantitative estimate of drug-likeness (QED) is 0.482. The van der Waals surface area contributed by atoms with Gasteiger partial charge in [0.25, 0.3) is 11.6 Å². The van der Waals surface area contributed by atoms with Gasteiger partial charge in [-0.2, -0.15) is 0 Å². The molecule has 1 aliphatic heterocycles. The molecule has 1 heterocycles. The first-order valence-electron chi connectivity index (χ1n) is 9.88. The van der Waals surface area contributed by atoms with Gasteiger partial charge in [-0.3, -0.25) is 19.7 Å². The Labute approximate surface area is 190 Å². The highest BCUT2D eigenvalue weighted by Gasteiger charge is 2.33. The van der Waals surface area contributed by atoms with Crippen molar-refractivity contribution in [2.45, 2.75) is 37.2 Å². The molecule has 2 amide bonds. The van der Waals surface area contributed by atoms with Gasteiger partial charge in [-0.25, -0.2) is 8.42 Å². The van der Waals surface area contributed by atoms with Crippen LogP contribution in [0.25, 0.3) is 0 Å². The van der Waals surface area contributed by atoms with Crippen molar-refractivity contribution in [1.29, 1.82) is 0 Å². The van der Waals surface area contributed by atoms with Gasteiger partial charge in [0.15, 0.2) is 9.84 Å². The molecule has 1 aliphatic rings. The topological polar surface area (TPSA) is 135 Å². The Bertz CT molecular complexity index is 1180. The number of sulfone groups is 1. The lowest BCUT2D eigenvalue weighted by Gasteiger charge is -2.29. The van der Waals surface area contributed by atoms with Crippen LogP contribution < -0.4 is 10.6 Å². The van der Waals surface area contributed by atoms with Gasteiger partial charge < -0.3 is 10.6 Å². The summed E-state index contributed by atoms with van der Waals surface area (Å²) in [5.74, 6) is -1.50. The van der Waals surface area contributed by atoms with Crippen LogP contribution in [0.5, 0.6) is 0 Å². The van der Waals surface area contributed by atoms with Crippen molar-refractivity contribution >= 4 is 38.9 Å². The maximum absolute atomic E-state index is 13.0. The maximum atomic E-state index is 13.0. The van der Waals surface area contributed by atoms with Crippen LogP contribution in [-0.2, 0) is 14.6 Å². The van der Waals surface area contributed by atoms with E-state index in [9.17, 15) is 28.1 Å². The number of nitrogens with one attached hydrogen (secondary N) is 2. The molecule has 2 aromatic carbocycles. The van der Waals surface area contributed by atoms with Crippen molar-refractivity contribution in [2.75, 3.05) is 5.75 Å². The molecular weight excluding hydrogens is 458 g/mol. The molecule has 0 aromatic heterocycles. The number of rotatable bonds is 6. The van der Waals surface area contributed by atoms with E-state index in [2.05, 4.69) is 10.6 Å². The second-order valence-electron chi connectivity index (χ2n) is 7.82. The summed E-state index contributed by atoms with van der Waals surface area (Å²) in [7, 11) is -3.40. The van der Waals surface area contributed by atoms with E-state index in [4.69, 9.17) is 11.6 Å². The standard InChI is InChI=1S/C21H22ClN3O6S/c1-12(2)19(24-20(26)14-8-7-13(25(28)29)11-16(14)22)21(27)23-17-9-10-32(30,31)18-6-4-3-5-15(17)18/h3-8,11-12,17,19H,9-10H2,1-2H3,(H,23,27)(H,24,26). The molecule has 0 radical (unpaired) electrons. The fraction of sp³-hybridized carbons (Fsp3) is 0.333. The lowest BCUT2D eigenvalue weighted by Crippen LogP contribution is -2.51. The zero-order valence-electron chi connectivity index (χ0n) is 17.4. The Hall–Kier alpha value is -2.98. The normalized spacial score (nSPS) is 17.8. The summed E-state index contributed by atoms with van der Waals surface area (Å²) in [5, 5.41) is 16.2. The minimum Gasteiger partial charge on any atom is -0.347 e. The summed E-state index contributed by atoms with van der Waals surface area (Å²) < 4.78 is 24.6. The number of carbonyl (C=O) groups excluding carboxylic acids is 2. The lowest BCUT2D eigenvalue weighted by atomic mass is 9.99. The van der Waals surface area contributed by atoms with Crippen LogP contribution in [0.2, 0.25) is 5.02 Å². The molecule has 11 heteroatoms. The van der Waals surface area contributed by atoms with E-state index < -0.39 is 38.7 Å². The Morgan fingerprint density at radius 3 is 2.50 bits per heavy atom. The Kier molecular flexibility index (Phi) is 6.85. The van der Waals surface area contributed by atoms with Gasteiger partial charge in [-0.1, -0.05) is 43.6 Å². The number of hydrogen-bond acceptors (Lipinski definition) is 6. The summed E-state index contributed by atoms with van der Waals surface area (Å²) >= 11 is 6.03. The van der Waals surface area contributed by atoms with Gasteiger partial charge in [-0.15, -0.1) is 0 Å². The molecule has 2 aromatic rings. The van der Waals surface area contributed by atoms with Gasteiger partial charge in [0, 0.05) is 12.1 Å². The number of carbonyl (C=O) groups is 2. The third-order valence-electron chi connectivity index (χ3n) is 5.27. The summed E-state index contributed by atoms with van der Waals surface area (Å²) in [4.78, 5) is 36.2. The molecule has 2 atom stereocenters. The smallest absolute Gasteiger partial charge is 0.270 e. The third-order valence-corrected chi connectivity index (χ3v) is 7.39. The number of nitro benzene ring substituents is 1. The molecule has 0 saturated heterocycles. The van der Waals surface area contributed by atoms with E-state index in [1.807, 2.05) is 0 Å². The number of amides is 2. The van der Waals surface area contributed by atoms with Crippen LogP contribution in [0, 0.1) is 16.0 Å². The first kappa shape index (κ1) is 23.7. The fourth-order valence-corrected chi connectivity index (χ4v) is 5.44. The molecule has 9 nitrogen and oxygen atoms in total. The predicted octanol–water partition coefficient (Wildman–Crippen LogP) is 3.04. The van der Waals surface area contributed by atoms with Gasteiger partial charge in [0.05, 0.1) is 32.2 Å². The second kappa shape index (κ2) is 9.25. The van der Waals surface area contributed by atoms with Crippen LogP contribution in [-0.4, -0.2) is 37.0 Å². The maximum Gasteiger partial charge on any atom is 0.270 e. The zero-order valence-corrected chi connectivity index (χ0v) is 18.9. The van der Waals surface area contributed by atoms with Crippen LogP contribution in [0.3, 0.4) is 0 Å². The summed E-state index contributed by atoms with van der Waals surface area (Å²) in [6.07, 6.45) is 0.220. The Morgan fingerprint density at radius 2 is 1.88 bits per heavy atom. The van der Waals surface area contributed by atoms with E-state index >= 15 is 0 Å². The highest BCUT2D eigenvalue weighted by molar-refractivity contribution is 7.91. The average molecular weight is 480 g/mol. The number of halogens is 1. The number of hydrogen-bond donors (Lipinski definition) is 2. The van der Waals surface area contributed by atoms with E-state index in [1.165, 1.54) is 12.1 Å².